The normalized spacial score (nSPS) is 14.0. The maximum absolute atomic E-state index is 12.9. The van der Waals surface area contributed by atoms with E-state index in [0.717, 1.165) is 39.4 Å². The Morgan fingerprint density at radius 1 is 0.833 bits per heavy atom. The first-order valence-corrected chi connectivity index (χ1v) is 12.5. The van der Waals surface area contributed by atoms with Gasteiger partial charge in [0.05, 0.1) is 11.9 Å². The van der Waals surface area contributed by atoms with Crippen molar-refractivity contribution in [3.63, 3.8) is 0 Å². The molecule has 2 aromatic heterocycles. The van der Waals surface area contributed by atoms with E-state index in [4.69, 9.17) is 16.6 Å². The lowest BCUT2D eigenvalue weighted by Gasteiger charge is -2.35. The molecule has 8 heteroatoms. The van der Waals surface area contributed by atoms with Crippen LogP contribution >= 0.6 is 11.6 Å². The third-order valence-electron chi connectivity index (χ3n) is 6.67. The zero-order valence-electron chi connectivity index (χ0n) is 19.7. The van der Waals surface area contributed by atoms with Crippen LogP contribution in [0.2, 0.25) is 5.02 Å². The molecule has 6 rings (SSSR count). The van der Waals surface area contributed by atoms with Crippen molar-refractivity contribution >= 4 is 40.0 Å². The molecule has 1 amide bonds. The molecule has 0 bridgehead atoms. The summed E-state index contributed by atoms with van der Waals surface area (Å²) in [6.07, 6.45) is 1.07. The highest BCUT2D eigenvalue weighted by Crippen LogP contribution is 2.28. The number of hydrogen-bond donors (Lipinski definition) is 0. The van der Waals surface area contributed by atoms with E-state index in [0.29, 0.717) is 44.0 Å². The minimum absolute atomic E-state index is 0.151. The zero-order valence-corrected chi connectivity index (χ0v) is 20.5. The molecule has 180 valence electrons. The second kappa shape index (κ2) is 9.59. The lowest BCUT2D eigenvalue weighted by atomic mass is 10.1. The molecule has 36 heavy (non-hydrogen) atoms. The summed E-state index contributed by atoms with van der Waals surface area (Å²) in [5, 5.41) is 10.7. The number of benzene rings is 3. The standard InChI is InChI=1S/C28H25ClN6O/c29-22-11-12-23-24(19-22)30-28(35-25(31-32-27(23)35)17-20-7-3-1-4-8-20)34-15-13-33(14-16-34)26(36)18-21-9-5-2-6-10-21/h1-12,19H,13-18H2. The number of nitrogens with zero attached hydrogens (tertiary/aromatic N) is 6. The molecule has 0 spiro atoms. The van der Waals surface area contributed by atoms with Crippen molar-refractivity contribution in [3.8, 4) is 0 Å². The fourth-order valence-corrected chi connectivity index (χ4v) is 4.95. The van der Waals surface area contributed by atoms with Gasteiger partial charge in [0.2, 0.25) is 11.9 Å². The first kappa shape index (κ1) is 22.5. The number of carbonyl (C=O) groups is 1. The molecule has 7 nitrogen and oxygen atoms in total. The van der Waals surface area contributed by atoms with Crippen LogP contribution in [0.4, 0.5) is 5.95 Å². The van der Waals surface area contributed by atoms with Crippen molar-refractivity contribution in [1.29, 1.82) is 0 Å². The first-order chi connectivity index (χ1) is 17.7. The summed E-state index contributed by atoms with van der Waals surface area (Å²) in [5.41, 5.74) is 3.74. The van der Waals surface area contributed by atoms with E-state index in [1.54, 1.807) is 0 Å². The van der Waals surface area contributed by atoms with Crippen LogP contribution in [-0.2, 0) is 17.6 Å². The molecule has 0 saturated carbocycles. The van der Waals surface area contributed by atoms with Crippen molar-refractivity contribution in [3.05, 3.63) is 101 Å². The number of piperazine rings is 1. The molecular formula is C28H25ClN6O. The fourth-order valence-electron chi connectivity index (χ4n) is 4.79. The maximum Gasteiger partial charge on any atom is 0.227 e. The Bertz CT molecular complexity index is 1530. The third-order valence-corrected chi connectivity index (χ3v) is 6.90. The summed E-state index contributed by atoms with van der Waals surface area (Å²) < 4.78 is 2.06. The number of carbonyl (C=O) groups excluding carboxylic acids is 1. The molecule has 3 heterocycles. The second-order valence-electron chi connectivity index (χ2n) is 9.04. The number of aromatic nitrogens is 4. The molecule has 0 aliphatic carbocycles. The van der Waals surface area contributed by atoms with Gasteiger partial charge in [-0.15, -0.1) is 10.2 Å². The van der Waals surface area contributed by atoms with Gasteiger partial charge in [-0.2, -0.15) is 0 Å². The number of hydrogen-bond acceptors (Lipinski definition) is 5. The molecule has 1 aliphatic heterocycles. The second-order valence-corrected chi connectivity index (χ2v) is 9.48. The average Bonchev–Trinajstić information content (AvgIpc) is 3.33. The van der Waals surface area contributed by atoms with Crippen LogP contribution in [0.15, 0.2) is 78.9 Å². The van der Waals surface area contributed by atoms with Crippen LogP contribution in [0.1, 0.15) is 17.0 Å². The van der Waals surface area contributed by atoms with Gasteiger partial charge in [0, 0.05) is 43.0 Å². The minimum Gasteiger partial charge on any atom is -0.339 e. The highest BCUT2D eigenvalue weighted by atomic mass is 35.5. The predicted octanol–water partition coefficient (Wildman–Crippen LogP) is 4.41. The van der Waals surface area contributed by atoms with Crippen molar-refractivity contribution < 1.29 is 4.79 Å². The van der Waals surface area contributed by atoms with E-state index >= 15 is 0 Å². The Hall–Kier alpha value is -3.97. The third kappa shape index (κ3) is 4.38. The Labute approximate surface area is 214 Å². The van der Waals surface area contributed by atoms with E-state index in [2.05, 4.69) is 31.6 Å². The van der Waals surface area contributed by atoms with Gasteiger partial charge in [0.1, 0.15) is 5.82 Å². The summed E-state index contributed by atoms with van der Waals surface area (Å²) >= 11 is 6.30. The van der Waals surface area contributed by atoms with Gasteiger partial charge < -0.3 is 9.80 Å². The van der Waals surface area contributed by atoms with E-state index in [9.17, 15) is 4.79 Å². The van der Waals surface area contributed by atoms with Crippen molar-refractivity contribution in [1.82, 2.24) is 24.5 Å². The molecule has 1 aliphatic rings. The maximum atomic E-state index is 12.9. The number of anilines is 1. The lowest BCUT2D eigenvalue weighted by molar-refractivity contribution is -0.130. The topological polar surface area (TPSA) is 66.6 Å². The SMILES string of the molecule is O=C(Cc1ccccc1)N1CCN(c2nc3cc(Cl)ccc3c3nnc(Cc4ccccc4)n23)CC1. The van der Waals surface area contributed by atoms with Crippen LogP contribution in [0, 0.1) is 0 Å². The molecule has 1 fully saturated rings. The van der Waals surface area contributed by atoms with Crippen LogP contribution in [0.3, 0.4) is 0 Å². The number of halogens is 1. The molecule has 1 saturated heterocycles. The number of rotatable bonds is 5. The van der Waals surface area contributed by atoms with Crippen molar-refractivity contribution in [2.75, 3.05) is 31.1 Å². The number of amides is 1. The quantitative estimate of drug-likeness (QED) is 0.360. The van der Waals surface area contributed by atoms with Gasteiger partial charge in [0.15, 0.2) is 5.65 Å². The van der Waals surface area contributed by atoms with Crippen molar-refractivity contribution in [2.24, 2.45) is 0 Å². The van der Waals surface area contributed by atoms with Crippen molar-refractivity contribution in [2.45, 2.75) is 12.8 Å². The molecular weight excluding hydrogens is 472 g/mol. The zero-order chi connectivity index (χ0) is 24.5. The number of fused-ring (bicyclic) bond motifs is 3. The summed E-state index contributed by atoms with van der Waals surface area (Å²) in [6.45, 7) is 2.63. The Morgan fingerprint density at radius 3 is 2.25 bits per heavy atom. The molecule has 5 aromatic rings. The average molecular weight is 497 g/mol. The monoisotopic (exact) mass is 496 g/mol. The van der Waals surface area contributed by atoms with Gasteiger partial charge in [-0.1, -0.05) is 72.3 Å². The minimum atomic E-state index is 0.151. The van der Waals surface area contributed by atoms with Gasteiger partial charge in [0.25, 0.3) is 0 Å². The smallest absolute Gasteiger partial charge is 0.227 e. The van der Waals surface area contributed by atoms with Crippen LogP contribution < -0.4 is 4.90 Å². The van der Waals surface area contributed by atoms with E-state index in [-0.39, 0.29) is 5.91 Å². The van der Waals surface area contributed by atoms with Crippen LogP contribution in [0.5, 0.6) is 0 Å². The molecule has 0 unspecified atom stereocenters. The lowest BCUT2D eigenvalue weighted by Crippen LogP contribution is -2.50. The van der Waals surface area contributed by atoms with Gasteiger partial charge in [-0.25, -0.2) is 9.38 Å². The Balaban J connectivity index is 1.32. The fraction of sp³-hybridized carbons (Fsp3) is 0.214. The molecule has 3 aromatic carbocycles. The highest BCUT2D eigenvalue weighted by molar-refractivity contribution is 6.31. The molecule has 0 N–H and O–H groups in total. The summed E-state index contributed by atoms with van der Waals surface area (Å²) in [6, 6.07) is 25.8. The van der Waals surface area contributed by atoms with Gasteiger partial charge in [-0.05, 0) is 29.3 Å². The van der Waals surface area contributed by atoms with Crippen LogP contribution in [0.25, 0.3) is 16.6 Å². The highest BCUT2D eigenvalue weighted by Gasteiger charge is 2.26. The van der Waals surface area contributed by atoms with E-state index < -0.39 is 0 Å². The molecule has 0 atom stereocenters. The van der Waals surface area contributed by atoms with Gasteiger partial charge in [-0.3, -0.25) is 4.79 Å². The Kier molecular flexibility index (Phi) is 5.99. The van der Waals surface area contributed by atoms with E-state index in [1.165, 1.54) is 0 Å². The summed E-state index contributed by atoms with van der Waals surface area (Å²) in [5.74, 6) is 1.77. The van der Waals surface area contributed by atoms with Gasteiger partial charge >= 0.3 is 0 Å². The summed E-state index contributed by atoms with van der Waals surface area (Å²) in [4.78, 5) is 22.1. The summed E-state index contributed by atoms with van der Waals surface area (Å²) in [7, 11) is 0. The largest absolute Gasteiger partial charge is 0.339 e. The first-order valence-electron chi connectivity index (χ1n) is 12.1. The molecule has 0 radical (unpaired) electrons. The van der Waals surface area contributed by atoms with E-state index in [1.807, 2.05) is 71.6 Å². The predicted molar refractivity (Wildman–Crippen MR) is 141 cm³/mol. The Morgan fingerprint density at radius 2 is 1.53 bits per heavy atom. The van der Waals surface area contributed by atoms with Crippen LogP contribution in [-0.4, -0.2) is 56.6 Å².